The Morgan fingerprint density at radius 3 is 2.08 bits per heavy atom. The van der Waals surface area contributed by atoms with Gasteiger partial charge in [-0.25, -0.2) is 4.79 Å². The molecule has 0 saturated carbocycles. The normalized spacial score (nSPS) is 12.5. The lowest BCUT2D eigenvalue weighted by atomic mass is 9.95. The number of carboxylic acids is 1. The molecule has 0 aliphatic carbocycles. The lowest BCUT2D eigenvalue weighted by Gasteiger charge is -2.14. The number of nitrogens with zero attached hydrogens (tertiary/aromatic N) is 1. The average Bonchev–Trinajstić information content (AvgIpc) is 2.04. The van der Waals surface area contributed by atoms with Gasteiger partial charge < -0.3 is 5.11 Å². The molecule has 0 aromatic heterocycles. The van der Waals surface area contributed by atoms with Crippen molar-refractivity contribution in [2.45, 2.75) is 32.7 Å². The fourth-order valence-electron chi connectivity index (χ4n) is 1.16. The molecular formula is C7H13NO4S. The van der Waals surface area contributed by atoms with E-state index in [0.717, 1.165) is 0 Å². The Labute approximate surface area is 78.5 Å². The number of carbonyl (C=O) groups is 1. The number of hydrogen-bond acceptors (Lipinski definition) is 4. The van der Waals surface area contributed by atoms with Gasteiger partial charge in [0, 0.05) is 0 Å². The van der Waals surface area contributed by atoms with E-state index in [2.05, 4.69) is 4.36 Å². The predicted molar refractivity (Wildman–Crippen MR) is 46.8 cm³/mol. The standard InChI is InChI=1S/C7H13NO4S/c1-3-5(4-2)6(7(9)10)8-13(11)12/h5-6H,3-4H2,1-2H3,(H,9,10). The predicted octanol–water partition coefficient (Wildman–Crippen LogP) is 0.939. The van der Waals surface area contributed by atoms with Crippen LogP contribution in [-0.4, -0.2) is 25.5 Å². The van der Waals surface area contributed by atoms with E-state index in [1.54, 1.807) is 0 Å². The van der Waals surface area contributed by atoms with Crippen LogP contribution in [0.1, 0.15) is 26.7 Å². The summed E-state index contributed by atoms with van der Waals surface area (Å²) in [4.78, 5) is 10.6. The van der Waals surface area contributed by atoms with Gasteiger partial charge in [-0.2, -0.15) is 12.8 Å². The third-order valence-electron chi connectivity index (χ3n) is 1.95. The van der Waals surface area contributed by atoms with Crippen molar-refractivity contribution in [3.05, 3.63) is 0 Å². The monoisotopic (exact) mass is 207 g/mol. The van der Waals surface area contributed by atoms with E-state index in [1.807, 2.05) is 13.8 Å². The van der Waals surface area contributed by atoms with Crippen LogP contribution in [0.15, 0.2) is 4.36 Å². The van der Waals surface area contributed by atoms with Crippen LogP contribution in [0.4, 0.5) is 0 Å². The second-order valence-corrected chi connectivity index (χ2v) is 3.33. The van der Waals surface area contributed by atoms with Gasteiger partial charge in [0.15, 0.2) is 6.04 Å². The Hall–Kier alpha value is -0.910. The highest BCUT2D eigenvalue weighted by Crippen LogP contribution is 2.16. The molecule has 5 nitrogen and oxygen atoms in total. The molecule has 0 bridgehead atoms. The molecule has 0 amide bonds. The first kappa shape index (κ1) is 12.1. The summed E-state index contributed by atoms with van der Waals surface area (Å²) in [5.74, 6) is -1.40. The molecule has 0 rings (SSSR count). The van der Waals surface area contributed by atoms with Gasteiger partial charge in [0.1, 0.15) is 0 Å². The van der Waals surface area contributed by atoms with E-state index < -0.39 is 22.5 Å². The quantitative estimate of drug-likeness (QED) is 0.727. The van der Waals surface area contributed by atoms with E-state index >= 15 is 0 Å². The van der Waals surface area contributed by atoms with Gasteiger partial charge >= 0.3 is 16.5 Å². The number of carboxylic acid groups (broad SMARTS) is 1. The van der Waals surface area contributed by atoms with Crippen LogP contribution < -0.4 is 0 Å². The molecule has 0 aromatic carbocycles. The van der Waals surface area contributed by atoms with E-state index in [4.69, 9.17) is 5.11 Å². The lowest BCUT2D eigenvalue weighted by molar-refractivity contribution is -0.139. The maximum absolute atomic E-state index is 10.6. The Balaban J connectivity index is 4.79. The van der Waals surface area contributed by atoms with Gasteiger partial charge in [-0.1, -0.05) is 26.7 Å². The zero-order valence-corrected chi connectivity index (χ0v) is 8.41. The van der Waals surface area contributed by atoms with Crippen molar-refractivity contribution in [2.75, 3.05) is 0 Å². The summed E-state index contributed by atoms with van der Waals surface area (Å²) in [5, 5.41) is 8.69. The minimum atomic E-state index is -2.65. The molecule has 1 N–H and O–H groups in total. The Morgan fingerprint density at radius 2 is 1.85 bits per heavy atom. The van der Waals surface area contributed by atoms with Crippen molar-refractivity contribution in [1.82, 2.24) is 0 Å². The molecule has 0 aliphatic rings. The van der Waals surface area contributed by atoms with Crippen LogP contribution in [0.5, 0.6) is 0 Å². The summed E-state index contributed by atoms with van der Waals surface area (Å²) < 4.78 is 23.6. The van der Waals surface area contributed by atoms with Crippen molar-refractivity contribution < 1.29 is 18.3 Å². The summed E-state index contributed by atoms with van der Waals surface area (Å²) in [5.41, 5.74) is 0. The van der Waals surface area contributed by atoms with Gasteiger partial charge in [0.2, 0.25) is 0 Å². The molecule has 0 spiro atoms. The summed E-state index contributed by atoms with van der Waals surface area (Å²) in [6.07, 6.45) is 1.21. The molecule has 0 fully saturated rings. The first-order chi connectivity index (χ1) is 6.02. The van der Waals surface area contributed by atoms with Crippen LogP contribution in [0.25, 0.3) is 0 Å². The van der Waals surface area contributed by atoms with Crippen molar-refractivity contribution >= 4 is 16.5 Å². The van der Waals surface area contributed by atoms with Gasteiger partial charge in [-0.3, -0.25) is 0 Å². The summed E-state index contributed by atoms with van der Waals surface area (Å²) in [6, 6.07) is -1.13. The summed E-state index contributed by atoms with van der Waals surface area (Å²) in [7, 11) is -2.65. The zero-order chi connectivity index (χ0) is 10.4. The Morgan fingerprint density at radius 1 is 1.38 bits per heavy atom. The van der Waals surface area contributed by atoms with E-state index in [9.17, 15) is 13.2 Å². The SMILES string of the molecule is CCC(CC)C(N=S(=O)=O)C(=O)O. The maximum atomic E-state index is 10.6. The minimum Gasteiger partial charge on any atom is -0.480 e. The maximum Gasteiger partial charge on any atom is 0.330 e. The molecule has 0 aromatic rings. The van der Waals surface area contributed by atoms with Crippen LogP contribution in [0.3, 0.4) is 0 Å². The molecule has 1 atom stereocenters. The van der Waals surface area contributed by atoms with Crippen LogP contribution in [0, 0.1) is 5.92 Å². The summed E-state index contributed by atoms with van der Waals surface area (Å²) in [6.45, 7) is 3.63. The second kappa shape index (κ2) is 5.69. The highest BCUT2D eigenvalue weighted by Gasteiger charge is 2.25. The fourth-order valence-corrected chi connectivity index (χ4v) is 1.61. The lowest BCUT2D eigenvalue weighted by Crippen LogP contribution is -2.26. The number of rotatable bonds is 5. The molecule has 0 heterocycles. The third kappa shape index (κ3) is 4.02. The second-order valence-electron chi connectivity index (χ2n) is 2.68. The van der Waals surface area contributed by atoms with Gasteiger partial charge in [0.05, 0.1) is 0 Å². The van der Waals surface area contributed by atoms with Gasteiger partial charge in [-0.15, -0.1) is 0 Å². The largest absolute Gasteiger partial charge is 0.480 e. The molecular weight excluding hydrogens is 194 g/mol. The third-order valence-corrected chi connectivity index (χ3v) is 2.35. The average molecular weight is 207 g/mol. The highest BCUT2D eigenvalue weighted by molar-refractivity contribution is 7.61. The van der Waals surface area contributed by atoms with Crippen molar-refractivity contribution in [1.29, 1.82) is 0 Å². The zero-order valence-electron chi connectivity index (χ0n) is 7.60. The van der Waals surface area contributed by atoms with E-state index in [0.29, 0.717) is 12.8 Å². The molecule has 76 valence electrons. The van der Waals surface area contributed by atoms with Crippen LogP contribution in [-0.2, 0) is 15.3 Å². The van der Waals surface area contributed by atoms with E-state index in [1.165, 1.54) is 0 Å². The highest BCUT2D eigenvalue weighted by atomic mass is 32.2. The molecule has 1 unspecified atom stereocenters. The first-order valence-electron chi connectivity index (χ1n) is 4.05. The van der Waals surface area contributed by atoms with Crippen molar-refractivity contribution in [2.24, 2.45) is 10.3 Å². The van der Waals surface area contributed by atoms with Crippen molar-refractivity contribution in [3.8, 4) is 0 Å². The topological polar surface area (TPSA) is 83.8 Å². The number of hydrogen-bond donors (Lipinski definition) is 1. The Kier molecular flexibility index (Phi) is 5.29. The molecule has 6 heteroatoms. The van der Waals surface area contributed by atoms with Crippen LogP contribution in [0.2, 0.25) is 0 Å². The minimum absolute atomic E-state index is 0.213. The van der Waals surface area contributed by atoms with Crippen LogP contribution >= 0.6 is 0 Å². The van der Waals surface area contributed by atoms with Gasteiger partial charge in [-0.05, 0) is 5.92 Å². The molecule has 0 saturated heterocycles. The Bertz CT molecular complexity index is 284. The van der Waals surface area contributed by atoms with Gasteiger partial charge in [0.25, 0.3) is 0 Å². The molecule has 0 aliphatic heterocycles. The molecule has 13 heavy (non-hydrogen) atoms. The molecule has 0 radical (unpaired) electrons. The van der Waals surface area contributed by atoms with Crippen molar-refractivity contribution in [3.63, 3.8) is 0 Å². The summed E-state index contributed by atoms with van der Waals surface area (Å²) >= 11 is 0. The number of aliphatic carboxylic acids is 1. The smallest absolute Gasteiger partial charge is 0.330 e. The first-order valence-corrected chi connectivity index (χ1v) is 5.09. The fraction of sp³-hybridized carbons (Fsp3) is 0.857. The van der Waals surface area contributed by atoms with E-state index in [-0.39, 0.29) is 5.92 Å².